The van der Waals surface area contributed by atoms with Crippen molar-refractivity contribution in [2.24, 2.45) is 0 Å². The first-order valence-corrected chi connectivity index (χ1v) is 8.74. The van der Waals surface area contributed by atoms with Crippen molar-refractivity contribution in [3.8, 4) is 11.3 Å². The van der Waals surface area contributed by atoms with Crippen LogP contribution in [0.25, 0.3) is 22.3 Å². The number of aromatic amines is 1. The molecule has 0 atom stereocenters. The van der Waals surface area contributed by atoms with E-state index < -0.39 is 10.0 Å². The highest BCUT2D eigenvalue weighted by Gasteiger charge is 2.15. The fraction of sp³-hybridized carbons (Fsp3) is 0.125. The summed E-state index contributed by atoms with van der Waals surface area (Å²) in [7, 11) is -3.45. The molecule has 118 valence electrons. The van der Waals surface area contributed by atoms with E-state index in [4.69, 9.17) is 0 Å². The van der Waals surface area contributed by atoms with Gasteiger partial charge in [0.05, 0.1) is 22.5 Å². The second kappa shape index (κ2) is 5.85. The minimum Gasteiger partial charge on any atom is -0.319 e. The predicted octanol–water partition coefficient (Wildman–Crippen LogP) is 2.35. The topological polar surface area (TPSA) is 91.9 Å². The predicted molar refractivity (Wildman–Crippen MR) is 90.9 cm³/mol. The van der Waals surface area contributed by atoms with Crippen LogP contribution < -0.4 is 10.3 Å². The lowest BCUT2D eigenvalue weighted by Crippen LogP contribution is -2.17. The van der Waals surface area contributed by atoms with Crippen LogP contribution in [0, 0.1) is 0 Å². The molecule has 0 radical (unpaired) electrons. The van der Waals surface area contributed by atoms with Gasteiger partial charge in [-0.3, -0.25) is 9.52 Å². The number of benzene rings is 2. The van der Waals surface area contributed by atoms with E-state index in [1.54, 1.807) is 43.3 Å². The molecule has 0 bridgehead atoms. The van der Waals surface area contributed by atoms with E-state index in [0.29, 0.717) is 22.3 Å². The Kier molecular flexibility index (Phi) is 3.87. The quantitative estimate of drug-likeness (QED) is 0.768. The minimum absolute atomic E-state index is 0.0527. The highest BCUT2D eigenvalue weighted by atomic mass is 32.2. The van der Waals surface area contributed by atoms with E-state index in [0.717, 1.165) is 0 Å². The van der Waals surface area contributed by atoms with E-state index in [-0.39, 0.29) is 17.0 Å². The van der Waals surface area contributed by atoms with Crippen LogP contribution in [0.1, 0.15) is 6.92 Å². The van der Waals surface area contributed by atoms with Crippen LogP contribution in [0.15, 0.2) is 53.3 Å². The third kappa shape index (κ3) is 3.09. The number of hydrogen-bond acceptors (Lipinski definition) is 4. The van der Waals surface area contributed by atoms with Gasteiger partial charge in [0.1, 0.15) is 5.69 Å². The minimum atomic E-state index is -3.45. The summed E-state index contributed by atoms with van der Waals surface area (Å²) in [6, 6.07) is 13.9. The van der Waals surface area contributed by atoms with Crippen molar-refractivity contribution in [1.29, 1.82) is 0 Å². The van der Waals surface area contributed by atoms with E-state index in [1.165, 1.54) is 0 Å². The van der Waals surface area contributed by atoms with Gasteiger partial charge in [0, 0.05) is 5.56 Å². The molecule has 0 aliphatic rings. The lowest BCUT2D eigenvalue weighted by molar-refractivity contribution is 0.602. The molecule has 6 nitrogen and oxygen atoms in total. The second-order valence-corrected chi connectivity index (χ2v) is 6.99. The molecule has 23 heavy (non-hydrogen) atoms. The van der Waals surface area contributed by atoms with Crippen LogP contribution in [0.5, 0.6) is 0 Å². The van der Waals surface area contributed by atoms with E-state index in [9.17, 15) is 13.2 Å². The highest BCUT2D eigenvalue weighted by Crippen LogP contribution is 2.25. The fourth-order valence-corrected chi connectivity index (χ4v) is 2.89. The Morgan fingerprint density at radius 3 is 2.57 bits per heavy atom. The van der Waals surface area contributed by atoms with Crippen LogP contribution >= 0.6 is 0 Å². The second-order valence-electron chi connectivity index (χ2n) is 4.98. The van der Waals surface area contributed by atoms with Gasteiger partial charge in [0.15, 0.2) is 0 Å². The Morgan fingerprint density at radius 2 is 1.78 bits per heavy atom. The Balaban J connectivity index is 2.20. The lowest BCUT2D eigenvalue weighted by atomic mass is 10.1. The van der Waals surface area contributed by atoms with Crippen LogP contribution in [-0.2, 0) is 10.0 Å². The molecule has 0 saturated heterocycles. The van der Waals surface area contributed by atoms with Crippen molar-refractivity contribution in [2.45, 2.75) is 6.92 Å². The monoisotopic (exact) mass is 329 g/mol. The number of rotatable bonds is 4. The number of sulfonamides is 1. The fourth-order valence-electron chi connectivity index (χ4n) is 2.23. The largest absolute Gasteiger partial charge is 0.319 e. The maximum Gasteiger partial charge on any atom is 0.275 e. The van der Waals surface area contributed by atoms with Crippen LogP contribution in [-0.4, -0.2) is 24.1 Å². The summed E-state index contributed by atoms with van der Waals surface area (Å²) in [6.45, 7) is 1.55. The van der Waals surface area contributed by atoms with Gasteiger partial charge in [-0.25, -0.2) is 13.4 Å². The summed E-state index contributed by atoms with van der Waals surface area (Å²) < 4.78 is 26.2. The maximum atomic E-state index is 12.3. The van der Waals surface area contributed by atoms with Gasteiger partial charge in [-0.05, 0) is 25.1 Å². The van der Waals surface area contributed by atoms with Crippen molar-refractivity contribution in [2.75, 3.05) is 10.5 Å². The third-order valence-electron chi connectivity index (χ3n) is 3.43. The summed E-state index contributed by atoms with van der Waals surface area (Å²) in [5.41, 5.74) is 1.85. The highest BCUT2D eigenvalue weighted by molar-refractivity contribution is 7.92. The van der Waals surface area contributed by atoms with E-state index in [1.807, 2.05) is 12.1 Å². The van der Waals surface area contributed by atoms with Gasteiger partial charge in [0.2, 0.25) is 10.0 Å². The molecule has 0 saturated carbocycles. The van der Waals surface area contributed by atoms with Crippen molar-refractivity contribution in [1.82, 2.24) is 9.97 Å². The van der Waals surface area contributed by atoms with Gasteiger partial charge in [-0.2, -0.15) is 0 Å². The van der Waals surface area contributed by atoms with Gasteiger partial charge in [-0.1, -0.05) is 30.3 Å². The third-order valence-corrected chi connectivity index (χ3v) is 4.72. The van der Waals surface area contributed by atoms with E-state index >= 15 is 0 Å². The van der Waals surface area contributed by atoms with Crippen LogP contribution in [0.2, 0.25) is 0 Å². The standard InChI is InChI=1S/C16H15N3O3S/c1-2-23(21,22)19-12-8-4-3-7-11(12)15-16(20)18-14-10-6-5-9-13(14)17-15/h3-10,19H,2H2,1H3,(H,18,20). The summed E-state index contributed by atoms with van der Waals surface area (Å²) in [5, 5.41) is 0. The number of aromatic nitrogens is 2. The number of nitrogens with zero attached hydrogens (tertiary/aromatic N) is 1. The van der Waals surface area contributed by atoms with Crippen molar-refractivity contribution >= 4 is 26.7 Å². The molecule has 0 aliphatic carbocycles. The molecule has 0 aliphatic heterocycles. The van der Waals surface area contributed by atoms with Gasteiger partial charge >= 0.3 is 0 Å². The number of para-hydroxylation sites is 3. The van der Waals surface area contributed by atoms with Crippen molar-refractivity contribution in [3.05, 3.63) is 58.9 Å². The molecular weight excluding hydrogens is 314 g/mol. The van der Waals surface area contributed by atoms with Crippen molar-refractivity contribution in [3.63, 3.8) is 0 Å². The number of anilines is 1. The molecule has 1 heterocycles. The van der Waals surface area contributed by atoms with Gasteiger partial charge in [0.25, 0.3) is 5.56 Å². The van der Waals surface area contributed by atoms with Crippen LogP contribution in [0.4, 0.5) is 5.69 Å². The molecule has 0 amide bonds. The zero-order valence-corrected chi connectivity index (χ0v) is 13.2. The zero-order valence-electron chi connectivity index (χ0n) is 12.4. The summed E-state index contributed by atoms with van der Waals surface area (Å²) in [5.74, 6) is -0.0527. The number of H-pyrrole nitrogens is 1. The van der Waals surface area contributed by atoms with Crippen LogP contribution in [0.3, 0.4) is 0 Å². The zero-order chi connectivity index (χ0) is 16.4. The first-order valence-electron chi connectivity index (χ1n) is 7.09. The first-order chi connectivity index (χ1) is 11.0. The smallest absolute Gasteiger partial charge is 0.275 e. The van der Waals surface area contributed by atoms with Gasteiger partial charge in [-0.15, -0.1) is 0 Å². The molecule has 7 heteroatoms. The average Bonchev–Trinajstić information content (AvgIpc) is 2.54. The molecular formula is C16H15N3O3S. The van der Waals surface area contributed by atoms with Crippen molar-refractivity contribution < 1.29 is 8.42 Å². The van der Waals surface area contributed by atoms with E-state index in [2.05, 4.69) is 14.7 Å². The molecule has 1 aromatic heterocycles. The Morgan fingerprint density at radius 1 is 1.09 bits per heavy atom. The molecule has 2 aromatic carbocycles. The number of hydrogen-bond donors (Lipinski definition) is 2. The first kappa shape index (κ1) is 15.2. The number of fused-ring (bicyclic) bond motifs is 1. The Hall–Kier alpha value is -2.67. The normalized spacial score (nSPS) is 11.5. The van der Waals surface area contributed by atoms with Gasteiger partial charge < -0.3 is 4.98 Å². The molecule has 3 aromatic rings. The molecule has 0 spiro atoms. The Bertz CT molecular complexity index is 1030. The molecule has 0 unspecified atom stereocenters. The average molecular weight is 329 g/mol. The summed E-state index contributed by atoms with van der Waals surface area (Å²) >= 11 is 0. The molecule has 3 rings (SSSR count). The molecule has 0 fully saturated rings. The number of nitrogens with one attached hydrogen (secondary N) is 2. The maximum absolute atomic E-state index is 12.3. The Labute approximate surface area is 133 Å². The summed E-state index contributed by atoms with van der Waals surface area (Å²) in [4.78, 5) is 19.5. The molecule has 2 N–H and O–H groups in total. The SMILES string of the molecule is CCS(=O)(=O)Nc1ccccc1-c1nc2ccccc2[nH]c1=O. The summed E-state index contributed by atoms with van der Waals surface area (Å²) in [6.07, 6.45) is 0. The lowest BCUT2D eigenvalue weighted by Gasteiger charge is -2.11.